The number of imidazole rings is 1. The normalized spacial score (nSPS) is 10.1. The Hall–Kier alpha value is -3.91. The SMILES string of the molecule is Cn1c(-c2ccc(-c3ccccc3)cc2)cnc1NCc1ccc(Br)cc1.O=C(O)C(=O)O. The molecule has 0 saturated carbocycles. The first-order valence-electron chi connectivity index (χ1n) is 9.97. The van der Waals surface area contributed by atoms with Crippen LogP contribution in [0.2, 0.25) is 0 Å². The van der Waals surface area contributed by atoms with Crippen molar-refractivity contribution < 1.29 is 19.8 Å². The lowest BCUT2D eigenvalue weighted by Crippen LogP contribution is -2.09. The van der Waals surface area contributed by atoms with E-state index in [-0.39, 0.29) is 0 Å². The maximum atomic E-state index is 9.10. The van der Waals surface area contributed by atoms with E-state index in [1.54, 1.807) is 0 Å². The Kier molecular flexibility index (Phi) is 7.99. The molecule has 4 rings (SSSR count). The zero-order chi connectivity index (χ0) is 23.8. The summed E-state index contributed by atoms with van der Waals surface area (Å²) in [7, 11) is 2.04. The van der Waals surface area contributed by atoms with Gasteiger partial charge in [-0.2, -0.15) is 0 Å². The maximum Gasteiger partial charge on any atom is 0.414 e. The van der Waals surface area contributed by atoms with E-state index >= 15 is 0 Å². The fourth-order valence-corrected chi connectivity index (χ4v) is 3.35. The highest BCUT2D eigenvalue weighted by Crippen LogP contribution is 2.26. The molecule has 1 heterocycles. The van der Waals surface area contributed by atoms with Crippen molar-refractivity contribution in [2.75, 3.05) is 5.32 Å². The highest BCUT2D eigenvalue weighted by atomic mass is 79.9. The first-order chi connectivity index (χ1) is 15.8. The quantitative estimate of drug-likeness (QED) is 0.317. The molecule has 33 heavy (non-hydrogen) atoms. The Balaban J connectivity index is 0.000000454. The Morgan fingerprint density at radius 3 is 1.97 bits per heavy atom. The molecular weight excluding hydrogens is 486 g/mol. The summed E-state index contributed by atoms with van der Waals surface area (Å²) >= 11 is 3.47. The summed E-state index contributed by atoms with van der Waals surface area (Å²) in [6.07, 6.45) is 1.92. The zero-order valence-corrected chi connectivity index (χ0v) is 19.4. The molecule has 1 aromatic heterocycles. The number of carbonyl (C=O) groups is 2. The number of nitrogens with zero attached hydrogens (tertiary/aromatic N) is 2. The molecule has 0 bridgehead atoms. The highest BCUT2D eigenvalue weighted by molar-refractivity contribution is 9.10. The molecule has 0 atom stereocenters. The molecule has 0 aliphatic rings. The van der Waals surface area contributed by atoms with Gasteiger partial charge < -0.3 is 20.1 Å². The lowest BCUT2D eigenvalue weighted by Gasteiger charge is -2.09. The number of nitrogens with one attached hydrogen (secondary N) is 1. The van der Waals surface area contributed by atoms with E-state index in [1.165, 1.54) is 16.7 Å². The van der Waals surface area contributed by atoms with Crippen molar-refractivity contribution >= 4 is 33.8 Å². The van der Waals surface area contributed by atoms with Crippen LogP contribution in [-0.4, -0.2) is 31.7 Å². The van der Waals surface area contributed by atoms with Crippen LogP contribution in [0.5, 0.6) is 0 Å². The molecule has 0 aliphatic carbocycles. The Bertz CT molecular complexity index is 1210. The minimum absolute atomic E-state index is 0.741. The third-order valence-electron chi connectivity index (χ3n) is 4.82. The van der Waals surface area contributed by atoms with Crippen molar-refractivity contribution in [1.29, 1.82) is 0 Å². The first kappa shape index (κ1) is 23.7. The monoisotopic (exact) mass is 507 g/mol. The number of carboxylic acid groups (broad SMARTS) is 2. The van der Waals surface area contributed by atoms with E-state index in [0.29, 0.717) is 0 Å². The predicted octanol–water partition coefficient (Wildman–Crippen LogP) is 5.28. The van der Waals surface area contributed by atoms with Crippen LogP contribution >= 0.6 is 15.9 Å². The number of aromatic nitrogens is 2. The van der Waals surface area contributed by atoms with Crippen LogP contribution in [0.4, 0.5) is 5.95 Å². The summed E-state index contributed by atoms with van der Waals surface area (Å²) in [5, 5.41) is 18.2. The van der Waals surface area contributed by atoms with Gasteiger partial charge in [-0.15, -0.1) is 0 Å². The van der Waals surface area contributed by atoms with E-state index in [0.717, 1.165) is 28.2 Å². The van der Waals surface area contributed by atoms with Crippen LogP contribution < -0.4 is 5.32 Å². The summed E-state index contributed by atoms with van der Waals surface area (Å²) in [5.74, 6) is -2.79. The number of benzene rings is 3. The molecule has 4 aromatic rings. The van der Waals surface area contributed by atoms with Crippen molar-refractivity contribution in [3.8, 4) is 22.4 Å². The van der Waals surface area contributed by atoms with Gasteiger partial charge >= 0.3 is 11.9 Å². The van der Waals surface area contributed by atoms with E-state index in [4.69, 9.17) is 19.8 Å². The van der Waals surface area contributed by atoms with Gasteiger partial charge in [-0.1, -0.05) is 82.7 Å². The molecule has 7 nitrogen and oxygen atoms in total. The van der Waals surface area contributed by atoms with E-state index < -0.39 is 11.9 Å². The molecule has 8 heteroatoms. The van der Waals surface area contributed by atoms with Gasteiger partial charge in [-0.05, 0) is 34.4 Å². The summed E-state index contributed by atoms with van der Waals surface area (Å²) in [4.78, 5) is 22.7. The number of rotatable bonds is 5. The number of hydrogen-bond donors (Lipinski definition) is 3. The number of anilines is 1. The molecule has 0 saturated heterocycles. The van der Waals surface area contributed by atoms with Crippen LogP contribution in [0.3, 0.4) is 0 Å². The maximum absolute atomic E-state index is 9.10. The smallest absolute Gasteiger partial charge is 0.414 e. The molecule has 3 N–H and O–H groups in total. The minimum Gasteiger partial charge on any atom is -0.473 e. The van der Waals surface area contributed by atoms with E-state index in [1.807, 2.05) is 19.3 Å². The van der Waals surface area contributed by atoms with Crippen molar-refractivity contribution in [1.82, 2.24) is 9.55 Å². The summed E-state index contributed by atoms with van der Waals surface area (Å²) in [6, 6.07) is 27.3. The lowest BCUT2D eigenvalue weighted by molar-refractivity contribution is -0.159. The Morgan fingerprint density at radius 1 is 0.848 bits per heavy atom. The van der Waals surface area contributed by atoms with Gasteiger partial charge in [0.1, 0.15) is 0 Å². The zero-order valence-electron chi connectivity index (χ0n) is 17.8. The largest absolute Gasteiger partial charge is 0.473 e. The second kappa shape index (κ2) is 11.1. The third kappa shape index (κ3) is 6.54. The standard InChI is InChI=1S/C23H20BrN3.C2H2O4/c1-27-22(16-26-23(27)25-15-17-7-13-21(24)14-8-17)20-11-9-19(10-12-20)18-5-3-2-4-6-18;3-1(4)2(5)6/h2-14,16H,15H2,1H3,(H,25,26);(H,3,4)(H,5,6). The Morgan fingerprint density at radius 2 is 1.39 bits per heavy atom. The molecule has 0 spiro atoms. The predicted molar refractivity (Wildman–Crippen MR) is 131 cm³/mol. The second-order valence-corrected chi connectivity index (χ2v) is 7.98. The van der Waals surface area contributed by atoms with Crippen LogP contribution in [0.1, 0.15) is 5.56 Å². The summed E-state index contributed by atoms with van der Waals surface area (Å²) < 4.78 is 3.18. The van der Waals surface area contributed by atoms with Gasteiger partial charge in [0.15, 0.2) is 0 Å². The fourth-order valence-electron chi connectivity index (χ4n) is 3.09. The summed E-state index contributed by atoms with van der Waals surface area (Å²) in [6.45, 7) is 0.741. The molecule has 0 unspecified atom stereocenters. The minimum atomic E-state index is -1.82. The molecule has 0 amide bonds. The second-order valence-electron chi connectivity index (χ2n) is 7.06. The molecule has 0 fully saturated rings. The van der Waals surface area contributed by atoms with Gasteiger partial charge in [0, 0.05) is 18.1 Å². The average molecular weight is 508 g/mol. The van der Waals surface area contributed by atoms with Gasteiger partial charge in [0.2, 0.25) is 5.95 Å². The third-order valence-corrected chi connectivity index (χ3v) is 5.35. The molecular formula is C25H22BrN3O4. The van der Waals surface area contributed by atoms with Crippen LogP contribution in [0.15, 0.2) is 89.5 Å². The van der Waals surface area contributed by atoms with Crippen molar-refractivity contribution in [3.63, 3.8) is 0 Å². The number of hydrogen-bond acceptors (Lipinski definition) is 4. The summed E-state index contributed by atoms with van der Waals surface area (Å²) in [5.41, 5.74) is 5.91. The number of halogens is 1. The van der Waals surface area contributed by atoms with Crippen LogP contribution in [0.25, 0.3) is 22.4 Å². The van der Waals surface area contributed by atoms with Gasteiger partial charge in [0.25, 0.3) is 0 Å². The molecule has 0 aliphatic heterocycles. The van der Waals surface area contributed by atoms with Crippen molar-refractivity contribution in [2.45, 2.75) is 6.54 Å². The van der Waals surface area contributed by atoms with Crippen molar-refractivity contribution in [3.05, 3.63) is 95.1 Å². The van der Waals surface area contributed by atoms with Gasteiger partial charge in [0.05, 0.1) is 11.9 Å². The van der Waals surface area contributed by atoms with Gasteiger partial charge in [-0.3, -0.25) is 0 Å². The highest BCUT2D eigenvalue weighted by Gasteiger charge is 2.09. The van der Waals surface area contributed by atoms with Gasteiger partial charge in [-0.25, -0.2) is 14.6 Å². The number of aliphatic carboxylic acids is 2. The fraction of sp³-hybridized carbons (Fsp3) is 0.0800. The molecule has 168 valence electrons. The molecule has 3 aromatic carbocycles. The van der Waals surface area contributed by atoms with Crippen LogP contribution in [0, 0.1) is 0 Å². The number of carboxylic acids is 2. The lowest BCUT2D eigenvalue weighted by atomic mass is 10.0. The van der Waals surface area contributed by atoms with Crippen LogP contribution in [-0.2, 0) is 23.2 Å². The van der Waals surface area contributed by atoms with E-state index in [9.17, 15) is 0 Å². The Labute approximate surface area is 199 Å². The van der Waals surface area contributed by atoms with E-state index in [2.05, 4.69) is 104 Å². The first-order valence-corrected chi connectivity index (χ1v) is 10.8. The topological polar surface area (TPSA) is 104 Å². The van der Waals surface area contributed by atoms with Crippen molar-refractivity contribution in [2.24, 2.45) is 7.05 Å². The molecule has 0 radical (unpaired) electrons. The average Bonchev–Trinajstić information content (AvgIpc) is 3.20.